The van der Waals surface area contributed by atoms with Crippen LogP contribution in [0.4, 0.5) is 0 Å². The summed E-state index contributed by atoms with van der Waals surface area (Å²) in [5.74, 6) is 0.531. The minimum Gasteiger partial charge on any atom is -0.314 e. The van der Waals surface area contributed by atoms with Gasteiger partial charge in [0.05, 0.1) is 0 Å². The maximum atomic E-state index is 8.75. The molecule has 20 heavy (non-hydrogen) atoms. The molecule has 0 atom stereocenters. The van der Waals surface area contributed by atoms with Crippen molar-refractivity contribution in [2.75, 3.05) is 26.2 Å². The zero-order valence-electron chi connectivity index (χ0n) is 11.0. The van der Waals surface area contributed by atoms with E-state index in [1.54, 1.807) is 17.1 Å². The van der Waals surface area contributed by atoms with Crippen LogP contribution in [-0.4, -0.2) is 50.6 Å². The summed E-state index contributed by atoms with van der Waals surface area (Å²) >= 11 is 0. The lowest BCUT2D eigenvalue weighted by Crippen LogP contribution is -2.42. The van der Waals surface area contributed by atoms with Crippen molar-refractivity contribution >= 4 is 0 Å². The Balaban J connectivity index is 1.69. The first kappa shape index (κ1) is 12.7. The van der Waals surface area contributed by atoms with Crippen molar-refractivity contribution in [2.24, 2.45) is 0 Å². The smallest absolute Gasteiger partial charge is 0.234 e. The van der Waals surface area contributed by atoms with Gasteiger partial charge < -0.3 is 5.32 Å². The van der Waals surface area contributed by atoms with E-state index in [1.165, 1.54) is 0 Å². The Kier molecular flexibility index (Phi) is 3.67. The summed E-state index contributed by atoms with van der Waals surface area (Å²) in [6.45, 7) is 5.04. The van der Waals surface area contributed by atoms with Crippen LogP contribution < -0.4 is 5.32 Å². The molecule has 0 unspecified atom stereocenters. The second-order valence-corrected chi connectivity index (χ2v) is 4.70. The lowest BCUT2D eigenvalue weighted by molar-refractivity contribution is 0.232. The third-order valence-corrected chi connectivity index (χ3v) is 3.24. The van der Waals surface area contributed by atoms with Gasteiger partial charge >= 0.3 is 0 Å². The monoisotopic (exact) mass is 269 g/mol. The molecule has 0 bridgehead atoms. The molecule has 3 heterocycles. The van der Waals surface area contributed by atoms with Crippen LogP contribution in [0.2, 0.25) is 0 Å². The SMILES string of the molecule is N#Cc1cn(-c2ncc(CN3CCNCC3)cn2)cn1. The molecule has 1 saturated heterocycles. The molecular weight excluding hydrogens is 254 g/mol. The Bertz CT molecular complexity index is 604. The van der Waals surface area contributed by atoms with Gasteiger partial charge in [-0.05, 0) is 0 Å². The van der Waals surface area contributed by atoms with Crippen LogP contribution in [0, 0.1) is 11.3 Å². The molecule has 0 radical (unpaired) electrons. The van der Waals surface area contributed by atoms with Gasteiger partial charge in [-0.25, -0.2) is 15.0 Å². The Hall–Kier alpha value is -2.30. The van der Waals surface area contributed by atoms with Crippen molar-refractivity contribution in [1.82, 2.24) is 29.7 Å². The number of imidazole rings is 1. The van der Waals surface area contributed by atoms with Crippen molar-refractivity contribution in [3.8, 4) is 12.0 Å². The minimum absolute atomic E-state index is 0.360. The van der Waals surface area contributed by atoms with E-state index in [-0.39, 0.29) is 0 Å². The van der Waals surface area contributed by atoms with Crippen LogP contribution in [0.15, 0.2) is 24.9 Å². The first-order valence-corrected chi connectivity index (χ1v) is 6.53. The summed E-state index contributed by atoms with van der Waals surface area (Å²) in [6.07, 6.45) is 6.82. The van der Waals surface area contributed by atoms with Gasteiger partial charge in [-0.1, -0.05) is 0 Å². The maximum absolute atomic E-state index is 8.75. The third kappa shape index (κ3) is 2.82. The highest BCUT2D eigenvalue weighted by Crippen LogP contribution is 2.06. The number of hydrogen-bond donors (Lipinski definition) is 1. The summed E-state index contributed by atoms with van der Waals surface area (Å²) in [5.41, 5.74) is 1.45. The van der Waals surface area contributed by atoms with E-state index in [1.807, 2.05) is 18.5 Å². The molecule has 0 aliphatic carbocycles. The fraction of sp³-hybridized carbons (Fsp3) is 0.385. The Morgan fingerprint density at radius 1 is 1.20 bits per heavy atom. The van der Waals surface area contributed by atoms with Crippen molar-refractivity contribution < 1.29 is 0 Å². The van der Waals surface area contributed by atoms with Gasteiger partial charge in [0.1, 0.15) is 12.4 Å². The maximum Gasteiger partial charge on any atom is 0.234 e. The molecule has 0 spiro atoms. The molecule has 1 fully saturated rings. The molecule has 1 aliphatic heterocycles. The van der Waals surface area contributed by atoms with Gasteiger partial charge in [0, 0.05) is 56.9 Å². The summed E-state index contributed by atoms with van der Waals surface area (Å²) in [6, 6.07) is 1.98. The lowest BCUT2D eigenvalue weighted by atomic mass is 10.3. The van der Waals surface area contributed by atoms with Crippen LogP contribution in [0.5, 0.6) is 0 Å². The first-order valence-electron chi connectivity index (χ1n) is 6.53. The zero-order valence-corrected chi connectivity index (χ0v) is 11.0. The number of piperazine rings is 1. The average Bonchev–Trinajstić information content (AvgIpc) is 2.98. The van der Waals surface area contributed by atoms with E-state index in [2.05, 4.69) is 25.2 Å². The minimum atomic E-state index is 0.360. The first-order chi connectivity index (χ1) is 9.85. The molecule has 102 valence electrons. The van der Waals surface area contributed by atoms with Gasteiger partial charge in [0.25, 0.3) is 0 Å². The van der Waals surface area contributed by atoms with Gasteiger partial charge in [-0.2, -0.15) is 5.26 Å². The van der Waals surface area contributed by atoms with Crippen molar-refractivity contribution in [3.05, 3.63) is 36.2 Å². The van der Waals surface area contributed by atoms with E-state index in [0.29, 0.717) is 11.6 Å². The highest BCUT2D eigenvalue weighted by atomic mass is 15.2. The van der Waals surface area contributed by atoms with Crippen LogP contribution in [0.1, 0.15) is 11.3 Å². The van der Waals surface area contributed by atoms with Gasteiger partial charge in [0.2, 0.25) is 5.95 Å². The number of rotatable bonds is 3. The molecule has 7 heteroatoms. The van der Waals surface area contributed by atoms with Crippen molar-refractivity contribution in [2.45, 2.75) is 6.54 Å². The second kappa shape index (κ2) is 5.77. The fourth-order valence-electron chi connectivity index (χ4n) is 2.18. The third-order valence-electron chi connectivity index (χ3n) is 3.24. The normalized spacial score (nSPS) is 15.9. The van der Waals surface area contributed by atoms with Crippen molar-refractivity contribution in [1.29, 1.82) is 5.26 Å². The quantitative estimate of drug-likeness (QED) is 0.840. The van der Waals surface area contributed by atoms with E-state index in [9.17, 15) is 0 Å². The molecule has 3 rings (SSSR count). The standard InChI is InChI=1S/C13H15N7/c14-5-12-9-20(10-18-12)13-16-6-11(7-17-13)8-19-3-1-15-2-4-19/h6-7,9-10,15H,1-4,8H2. The number of aromatic nitrogens is 4. The average molecular weight is 269 g/mol. The molecular formula is C13H15N7. The van der Waals surface area contributed by atoms with Gasteiger partial charge in [0.15, 0.2) is 5.69 Å². The van der Waals surface area contributed by atoms with Crippen LogP contribution >= 0.6 is 0 Å². The van der Waals surface area contributed by atoms with E-state index >= 15 is 0 Å². The van der Waals surface area contributed by atoms with Gasteiger partial charge in [-0.3, -0.25) is 9.47 Å². The number of nitrogens with zero attached hydrogens (tertiary/aromatic N) is 6. The van der Waals surface area contributed by atoms with Crippen molar-refractivity contribution in [3.63, 3.8) is 0 Å². The van der Waals surface area contributed by atoms with Gasteiger partial charge in [-0.15, -0.1) is 0 Å². The molecule has 0 saturated carbocycles. The zero-order chi connectivity index (χ0) is 13.8. The number of nitrogens with one attached hydrogen (secondary N) is 1. The summed E-state index contributed by atoms with van der Waals surface area (Å²) in [4.78, 5) is 15.0. The van der Waals surface area contributed by atoms with E-state index in [0.717, 1.165) is 38.3 Å². The van der Waals surface area contributed by atoms with Crippen LogP contribution in [0.3, 0.4) is 0 Å². The summed E-state index contributed by atoms with van der Waals surface area (Å²) in [7, 11) is 0. The molecule has 1 aliphatic rings. The molecule has 2 aromatic rings. The second-order valence-electron chi connectivity index (χ2n) is 4.70. The van der Waals surface area contributed by atoms with E-state index < -0.39 is 0 Å². The summed E-state index contributed by atoms with van der Waals surface area (Å²) in [5, 5.41) is 12.1. The van der Waals surface area contributed by atoms with Crippen LogP contribution in [-0.2, 0) is 6.54 Å². The topological polar surface area (TPSA) is 82.7 Å². The highest BCUT2D eigenvalue weighted by Gasteiger charge is 2.10. The predicted octanol–water partition coefficient (Wildman–Crippen LogP) is -0.0608. The number of nitriles is 1. The Morgan fingerprint density at radius 3 is 2.60 bits per heavy atom. The highest BCUT2D eigenvalue weighted by molar-refractivity contribution is 5.22. The molecule has 2 aromatic heterocycles. The molecule has 0 aromatic carbocycles. The largest absolute Gasteiger partial charge is 0.314 e. The Labute approximate surface area is 116 Å². The Morgan fingerprint density at radius 2 is 1.95 bits per heavy atom. The summed E-state index contributed by atoms with van der Waals surface area (Å²) < 4.78 is 1.65. The molecule has 0 amide bonds. The molecule has 7 nitrogen and oxygen atoms in total. The molecule has 1 N–H and O–H groups in total. The van der Waals surface area contributed by atoms with E-state index in [4.69, 9.17) is 5.26 Å². The van der Waals surface area contributed by atoms with Crippen LogP contribution in [0.25, 0.3) is 5.95 Å². The fourth-order valence-corrected chi connectivity index (χ4v) is 2.18. The predicted molar refractivity (Wildman–Crippen MR) is 72.0 cm³/mol. The lowest BCUT2D eigenvalue weighted by Gasteiger charge is -2.26. The number of hydrogen-bond acceptors (Lipinski definition) is 6.